The maximum Gasteiger partial charge on any atom is 0.126 e. The summed E-state index contributed by atoms with van der Waals surface area (Å²) in [5.41, 5.74) is 7.92. The molecule has 1 unspecified atom stereocenters. The van der Waals surface area contributed by atoms with Crippen LogP contribution in [0.2, 0.25) is 0 Å². The Hall–Kier alpha value is -1.42. The van der Waals surface area contributed by atoms with E-state index in [4.69, 9.17) is 5.73 Å². The number of halogens is 1. The highest BCUT2D eigenvalue weighted by Gasteiger charge is 2.17. The molecule has 2 rings (SSSR count). The number of nitrogens with zero attached hydrogens (tertiary/aromatic N) is 2. The first-order chi connectivity index (χ1) is 9.52. The first-order valence-corrected chi connectivity index (χ1v) is 7.44. The highest BCUT2D eigenvalue weighted by molar-refractivity contribution is 5.76. The van der Waals surface area contributed by atoms with Gasteiger partial charge in [-0.1, -0.05) is 27.2 Å². The lowest BCUT2D eigenvalue weighted by molar-refractivity contribution is 0.490. The predicted octanol–water partition coefficient (Wildman–Crippen LogP) is 4.02. The highest BCUT2D eigenvalue weighted by atomic mass is 19.1. The van der Waals surface area contributed by atoms with E-state index in [9.17, 15) is 4.39 Å². The Bertz CT molecular complexity index is 574. The fourth-order valence-electron chi connectivity index (χ4n) is 2.47. The number of hydrogen-bond donors (Lipinski definition) is 1. The number of rotatable bonds is 6. The van der Waals surface area contributed by atoms with E-state index >= 15 is 0 Å². The monoisotopic (exact) mass is 277 g/mol. The zero-order valence-corrected chi connectivity index (χ0v) is 12.6. The molecule has 110 valence electrons. The van der Waals surface area contributed by atoms with Gasteiger partial charge >= 0.3 is 0 Å². The predicted molar refractivity (Wildman–Crippen MR) is 81.0 cm³/mol. The van der Waals surface area contributed by atoms with E-state index in [-0.39, 0.29) is 11.9 Å². The third-order valence-electron chi connectivity index (χ3n) is 3.60. The fourth-order valence-corrected chi connectivity index (χ4v) is 2.47. The van der Waals surface area contributed by atoms with Crippen LogP contribution in [-0.2, 0) is 6.54 Å². The minimum Gasteiger partial charge on any atom is -0.327 e. The average Bonchev–Trinajstić information content (AvgIpc) is 2.74. The van der Waals surface area contributed by atoms with Crippen LogP contribution in [0, 0.1) is 11.7 Å². The standard InChI is InChI=1S/C16H24FN3/c1-4-5-13(18)16-19-14-10-12(17)6-7-15(14)20(16)9-8-11(2)3/h6-7,10-11,13H,4-5,8-9,18H2,1-3H3. The van der Waals surface area contributed by atoms with Crippen molar-refractivity contribution in [2.75, 3.05) is 0 Å². The van der Waals surface area contributed by atoms with Gasteiger partial charge in [-0.15, -0.1) is 0 Å². The van der Waals surface area contributed by atoms with Crippen molar-refractivity contribution in [1.82, 2.24) is 9.55 Å². The molecular weight excluding hydrogens is 253 g/mol. The quantitative estimate of drug-likeness (QED) is 0.866. The lowest BCUT2D eigenvalue weighted by atomic mass is 10.1. The van der Waals surface area contributed by atoms with Gasteiger partial charge < -0.3 is 10.3 Å². The number of aryl methyl sites for hydroxylation is 1. The van der Waals surface area contributed by atoms with Crippen LogP contribution in [0.3, 0.4) is 0 Å². The Labute approximate surface area is 120 Å². The van der Waals surface area contributed by atoms with Crippen LogP contribution >= 0.6 is 0 Å². The summed E-state index contributed by atoms with van der Waals surface area (Å²) in [7, 11) is 0. The smallest absolute Gasteiger partial charge is 0.126 e. The van der Waals surface area contributed by atoms with Gasteiger partial charge in [-0.05, 0) is 30.9 Å². The third-order valence-corrected chi connectivity index (χ3v) is 3.60. The molecular formula is C16H24FN3. The van der Waals surface area contributed by atoms with Gasteiger partial charge in [0.15, 0.2) is 0 Å². The molecule has 3 nitrogen and oxygen atoms in total. The summed E-state index contributed by atoms with van der Waals surface area (Å²) in [5, 5.41) is 0. The maximum absolute atomic E-state index is 13.4. The summed E-state index contributed by atoms with van der Waals surface area (Å²) in [5.74, 6) is 1.25. The first kappa shape index (κ1) is 15.0. The normalized spacial score (nSPS) is 13.3. The molecule has 0 aliphatic carbocycles. The molecule has 0 bridgehead atoms. The van der Waals surface area contributed by atoms with Crippen molar-refractivity contribution in [1.29, 1.82) is 0 Å². The van der Waals surface area contributed by atoms with E-state index in [1.165, 1.54) is 12.1 Å². The fraction of sp³-hybridized carbons (Fsp3) is 0.562. The maximum atomic E-state index is 13.4. The minimum atomic E-state index is -0.248. The largest absolute Gasteiger partial charge is 0.327 e. The van der Waals surface area contributed by atoms with E-state index in [1.807, 2.05) is 0 Å². The highest BCUT2D eigenvalue weighted by Crippen LogP contribution is 2.24. The topological polar surface area (TPSA) is 43.8 Å². The molecule has 2 aromatic rings. The molecule has 0 amide bonds. The van der Waals surface area contributed by atoms with Crippen molar-refractivity contribution in [3.05, 3.63) is 29.8 Å². The van der Waals surface area contributed by atoms with Crippen molar-refractivity contribution >= 4 is 11.0 Å². The van der Waals surface area contributed by atoms with Gasteiger partial charge in [0.2, 0.25) is 0 Å². The number of aromatic nitrogens is 2. The summed E-state index contributed by atoms with van der Waals surface area (Å²) in [6.07, 6.45) is 2.98. The molecule has 1 atom stereocenters. The van der Waals surface area contributed by atoms with Crippen molar-refractivity contribution in [2.45, 2.75) is 52.6 Å². The molecule has 0 fully saturated rings. The van der Waals surface area contributed by atoms with Crippen LogP contribution in [-0.4, -0.2) is 9.55 Å². The molecule has 2 N–H and O–H groups in total. The van der Waals surface area contributed by atoms with Crippen LogP contribution in [0.15, 0.2) is 18.2 Å². The summed E-state index contributed by atoms with van der Waals surface area (Å²) in [6.45, 7) is 7.39. The van der Waals surface area contributed by atoms with Gasteiger partial charge in [-0.3, -0.25) is 0 Å². The molecule has 1 aromatic heterocycles. The van der Waals surface area contributed by atoms with Crippen molar-refractivity contribution < 1.29 is 4.39 Å². The summed E-state index contributed by atoms with van der Waals surface area (Å²) < 4.78 is 15.5. The van der Waals surface area contributed by atoms with E-state index in [0.29, 0.717) is 11.4 Å². The van der Waals surface area contributed by atoms with Crippen LogP contribution in [0.1, 0.15) is 51.9 Å². The third kappa shape index (κ3) is 3.18. The van der Waals surface area contributed by atoms with Crippen LogP contribution in [0.25, 0.3) is 11.0 Å². The van der Waals surface area contributed by atoms with Gasteiger partial charge in [0, 0.05) is 12.6 Å². The van der Waals surface area contributed by atoms with Crippen LogP contribution in [0.5, 0.6) is 0 Å². The minimum absolute atomic E-state index is 0.0809. The Morgan fingerprint density at radius 2 is 2.05 bits per heavy atom. The summed E-state index contributed by atoms with van der Waals surface area (Å²) >= 11 is 0. The molecule has 1 heterocycles. The van der Waals surface area contributed by atoms with E-state index in [0.717, 1.165) is 37.1 Å². The average molecular weight is 277 g/mol. The Kier molecular flexibility index (Phi) is 4.76. The molecule has 0 aliphatic heterocycles. The van der Waals surface area contributed by atoms with Crippen molar-refractivity contribution in [2.24, 2.45) is 11.7 Å². The molecule has 1 aromatic carbocycles. The van der Waals surface area contributed by atoms with Crippen LogP contribution < -0.4 is 5.73 Å². The lowest BCUT2D eigenvalue weighted by Crippen LogP contribution is -2.17. The van der Waals surface area contributed by atoms with Crippen molar-refractivity contribution in [3.8, 4) is 0 Å². The molecule has 0 aliphatic rings. The Balaban J connectivity index is 2.44. The zero-order chi connectivity index (χ0) is 14.7. The van der Waals surface area contributed by atoms with Gasteiger partial charge in [0.1, 0.15) is 11.6 Å². The van der Waals surface area contributed by atoms with Gasteiger partial charge in [-0.2, -0.15) is 0 Å². The number of nitrogens with two attached hydrogens (primary N) is 1. The summed E-state index contributed by atoms with van der Waals surface area (Å²) in [6, 6.07) is 4.71. The number of benzene rings is 1. The lowest BCUT2D eigenvalue weighted by Gasteiger charge is -2.15. The number of fused-ring (bicyclic) bond motifs is 1. The first-order valence-electron chi connectivity index (χ1n) is 7.44. The number of imidazole rings is 1. The number of hydrogen-bond acceptors (Lipinski definition) is 2. The molecule has 4 heteroatoms. The Morgan fingerprint density at radius 3 is 2.70 bits per heavy atom. The second kappa shape index (κ2) is 6.35. The molecule has 20 heavy (non-hydrogen) atoms. The SMILES string of the molecule is CCCC(N)c1nc2cc(F)ccc2n1CCC(C)C. The van der Waals surface area contributed by atoms with E-state index in [2.05, 4.69) is 30.3 Å². The van der Waals surface area contributed by atoms with Crippen molar-refractivity contribution in [3.63, 3.8) is 0 Å². The van der Waals surface area contributed by atoms with Gasteiger partial charge in [0.05, 0.1) is 17.1 Å². The van der Waals surface area contributed by atoms with Gasteiger partial charge in [-0.25, -0.2) is 9.37 Å². The zero-order valence-electron chi connectivity index (χ0n) is 12.6. The second-order valence-corrected chi connectivity index (χ2v) is 5.83. The summed E-state index contributed by atoms with van der Waals surface area (Å²) in [4.78, 5) is 4.57. The molecule has 0 spiro atoms. The van der Waals surface area contributed by atoms with Gasteiger partial charge in [0.25, 0.3) is 0 Å². The molecule has 0 saturated heterocycles. The Morgan fingerprint density at radius 1 is 1.30 bits per heavy atom. The van der Waals surface area contributed by atoms with E-state index in [1.54, 1.807) is 6.07 Å². The molecule has 0 saturated carbocycles. The van der Waals surface area contributed by atoms with E-state index < -0.39 is 0 Å². The van der Waals surface area contributed by atoms with Crippen LogP contribution in [0.4, 0.5) is 4.39 Å². The second-order valence-electron chi connectivity index (χ2n) is 5.83. The molecule has 0 radical (unpaired) electrons.